The van der Waals surface area contributed by atoms with E-state index in [1.54, 1.807) is 11.8 Å². The van der Waals surface area contributed by atoms with Crippen molar-refractivity contribution >= 4 is 17.4 Å². The molecule has 1 heterocycles. The minimum absolute atomic E-state index is 0.359. The van der Waals surface area contributed by atoms with Crippen molar-refractivity contribution in [3.63, 3.8) is 0 Å². The standard InChI is InChI=1S/C11H22N4S/c1-8(2)15-11(10(12)9(3)13-15)16-7-6-14(4)5/h8H,6-7,12H2,1-5H3. The molecule has 0 spiro atoms. The van der Waals surface area contributed by atoms with E-state index >= 15 is 0 Å². The first-order valence-corrected chi connectivity index (χ1v) is 6.54. The fraction of sp³-hybridized carbons (Fsp3) is 0.727. The second-order valence-corrected chi connectivity index (χ2v) is 5.58. The molecular weight excluding hydrogens is 220 g/mol. The van der Waals surface area contributed by atoms with Crippen LogP contribution < -0.4 is 5.73 Å². The molecule has 0 aliphatic heterocycles. The number of aryl methyl sites for hydroxylation is 1. The second-order valence-electron chi connectivity index (χ2n) is 4.49. The topological polar surface area (TPSA) is 47.1 Å². The lowest BCUT2D eigenvalue weighted by molar-refractivity contribution is 0.436. The largest absolute Gasteiger partial charge is 0.395 e. The predicted octanol–water partition coefficient (Wildman–Crippen LogP) is 2.01. The Hall–Kier alpha value is -0.680. The molecule has 0 radical (unpaired) electrons. The third kappa shape index (κ3) is 3.15. The van der Waals surface area contributed by atoms with Gasteiger partial charge in [0.25, 0.3) is 0 Å². The number of hydrogen-bond donors (Lipinski definition) is 1. The molecule has 1 aromatic heterocycles. The van der Waals surface area contributed by atoms with E-state index in [1.165, 1.54) is 0 Å². The van der Waals surface area contributed by atoms with Gasteiger partial charge in [0.05, 0.1) is 11.4 Å². The van der Waals surface area contributed by atoms with Crippen molar-refractivity contribution < 1.29 is 0 Å². The van der Waals surface area contributed by atoms with Crippen LogP contribution in [0.1, 0.15) is 25.6 Å². The third-order valence-corrected chi connectivity index (χ3v) is 3.42. The molecule has 16 heavy (non-hydrogen) atoms. The van der Waals surface area contributed by atoms with Crippen LogP contribution in [0.3, 0.4) is 0 Å². The summed E-state index contributed by atoms with van der Waals surface area (Å²) in [6.45, 7) is 7.26. The smallest absolute Gasteiger partial charge is 0.118 e. The summed E-state index contributed by atoms with van der Waals surface area (Å²) in [7, 11) is 4.16. The van der Waals surface area contributed by atoms with Crippen molar-refractivity contribution in [1.82, 2.24) is 14.7 Å². The normalized spacial score (nSPS) is 11.7. The highest BCUT2D eigenvalue weighted by Gasteiger charge is 2.14. The molecule has 0 aliphatic rings. The molecule has 0 aliphatic carbocycles. The molecule has 0 saturated carbocycles. The first kappa shape index (κ1) is 13.4. The van der Waals surface area contributed by atoms with Gasteiger partial charge in [0.1, 0.15) is 5.03 Å². The number of hydrogen-bond acceptors (Lipinski definition) is 4. The summed E-state index contributed by atoms with van der Waals surface area (Å²) >= 11 is 1.78. The van der Waals surface area contributed by atoms with E-state index in [0.717, 1.165) is 28.7 Å². The average molecular weight is 242 g/mol. The Morgan fingerprint density at radius 2 is 2.06 bits per heavy atom. The summed E-state index contributed by atoms with van der Waals surface area (Å²) in [5, 5.41) is 5.57. The zero-order chi connectivity index (χ0) is 12.3. The van der Waals surface area contributed by atoms with Crippen molar-refractivity contribution in [3.05, 3.63) is 5.69 Å². The summed E-state index contributed by atoms with van der Waals surface area (Å²) in [6.07, 6.45) is 0. The van der Waals surface area contributed by atoms with E-state index in [9.17, 15) is 0 Å². The van der Waals surface area contributed by atoms with Gasteiger partial charge in [0, 0.05) is 18.3 Å². The van der Waals surface area contributed by atoms with Crippen molar-refractivity contribution in [1.29, 1.82) is 0 Å². The maximum Gasteiger partial charge on any atom is 0.118 e. The molecule has 1 aromatic rings. The van der Waals surface area contributed by atoms with Gasteiger partial charge in [0.15, 0.2) is 0 Å². The average Bonchev–Trinajstić information content (AvgIpc) is 2.45. The summed E-state index contributed by atoms with van der Waals surface area (Å²) in [5.41, 5.74) is 7.80. The Bertz CT molecular complexity index is 344. The molecule has 2 N–H and O–H groups in total. The molecule has 92 valence electrons. The predicted molar refractivity (Wildman–Crippen MR) is 71.0 cm³/mol. The van der Waals surface area contributed by atoms with E-state index < -0.39 is 0 Å². The lowest BCUT2D eigenvalue weighted by Crippen LogP contribution is -2.15. The minimum atomic E-state index is 0.359. The molecular formula is C11H22N4S. The summed E-state index contributed by atoms with van der Waals surface area (Å²) < 4.78 is 2.02. The maximum atomic E-state index is 6.04. The molecule has 0 saturated heterocycles. The van der Waals surface area contributed by atoms with Crippen LogP contribution in [0.2, 0.25) is 0 Å². The summed E-state index contributed by atoms with van der Waals surface area (Å²) in [4.78, 5) is 2.17. The first-order valence-electron chi connectivity index (χ1n) is 5.55. The lowest BCUT2D eigenvalue weighted by Gasteiger charge is -2.12. The molecule has 0 amide bonds. The first-order chi connectivity index (χ1) is 7.43. The van der Waals surface area contributed by atoms with Crippen LogP contribution in [0, 0.1) is 6.92 Å². The SMILES string of the molecule is Cc1nn(C(C)C)c(SCCN(C)C)c1N. The van der Waals surface area contributed by atoms with Gasteiger partial charge < -0.3 is 10.6 Å². The number of anilines is 1. The van der Waals surface area contributed by atoms with E-state index in [1.807, 2.05) is 11.6 Å². The third-order valence-electron chi connectivity index (χ3n) is 2.35. The summed E-state index contributed by atoms with van der Waals surface area (Å²) in [6, 6.07) is 0.359. The zero-order valence-electron chi connectivity index (χ0n) is 10.8. The Balaban J connectivity index is 2.77. The zero-order valence-corrected chi connectivity index (χ0v) is 11.6. The van der Waals surface area contributed by atoms with Crippen LogP contribution in [0.15, 0.2) is 5.03 Å². The van der Waals surface area contributed by atoms with Crippen molar-refractivity contribution in [3.8, 4) is 0 Å². The number of rotatable bonds is 5. The summed E-state index contributed by atoms with van der Waals surface area (Å²) in [5.74, 6) is 1.04. The van der Waals surface area contributed by atoms with Gasteiger partial charge in [-0.05, 0) is 34.9 Å². The number of aromatic nitrogens is 2. The van der Waals surface area contributed by atoms with Gasteiger partial charge in [-0.15, -0.1) is 11.8 Å². The Kier molecular flexibility index (Phi) is 4.68. The monoisotopic (exact) mass is 242 g/mol. The Morgan fingerprint density at radius 1 is 1.44 bits per heavy atom. The van der Waals surface area contributed by atoms with Crippen LogP contribution in [-0.4, -0.2) is 41.1 Å². The van der Waals surface area contributed by atoms with Crippen LogP contribution in [0.5, 0.6) is 0 Å². The van der Waals surface area contributed by atoms with E-state index in [-0.39, 0.29) is 0 Å². The van der Waals surface area contributed by atoms with Crippen molar-refractivity contribution in [2.75, 3.05) is 32.1 Å². The number of nitrogen functional groups attached to an aromatic ring is 1. The molecule has 0 aromatic carbocycles. The van der Waals surface area contributed by atoms with E-state index in [2.05, 4.69) is 37.9 Å². The van der Waals surface area contributed by atoms with Gasteiger partial charge >= 0.3 is 0 Å². The highest BCUT2D eigenvalue weighted by atomic mass is 32.2. The van der Waals surface area contributed by atoms with Crippen molar-refractivity contribution in [2.45, 2.75) is 31.8 Å². The molecule has 4 nitrogen and oxygen atoms in total. The maximum absolute atomic E-state index is 6.04. The highest BCUT2D eigenvalue weighted by molar-refractivity contribution is 7.99. The molecule has 0 atom stereocenters. The van der Waals surface area contributed by atoms with E-state index in [4.69, 9.17) is 5.73 Å². The lowest BCUT2D eigenvalue weighted by atomic mass is 10.4. The van der Waals surface area contributed by atoms with Gasteiger partial charge in [0.2, 0.25) is 0 Å². The Morgan fingerprint density at radius 3 is 2.56 bits per heavy atom. The van der Waals surface area contributed by atoms with Gasteiger partial charge in [-0.3, -0.25) is 4.68 Å². The fourth-order valence-corrected chi connectivity index (χ4v) is 2.69. The Labute approximate surface area is 102 Å². The van der Waals surface area contributed by atoms with Crippen LogP contribution in [0.25, 0.3) is 0 Å². The van der Waals surface area contributed by atoms with Crippen LogP contribution in [-0.2, 0) is 0 Å². The number of nitrogens with two attached hydrogens (primary N) is 1. The van der Waals surface area contributed by atoms with Gasteiger partial charge in [-0.2, -0.15) is 5.10 Å². The fourth-order valence-electron chi connectivity index (χ4n) is 1.36. The van der Waals surface area contributed by atoms with Crippen LogP contribution >= 0.6 is 11.8 Å². The van der Waals surface area contributed by atoms with Crippen LogP contribution in [0.4, 0.5) is 5.69 Å². The molecule has 0 fully saturated rings. The quantitative estimate of drug-likeness (QED) is 0.802. The number of nitrogens with zero attached hydrogens (tertiary/aromatic N) is 3. The molecule has 1 rings (SSSR count). The minimum Gasteiger partial charge on any atom is -0.395 e. The molecule has 0 bridgehead atoms. The van der Waals surface area contributed by atoms with E-state index in [0.29, 0.717) is 6.04 Å². The van der Waals surface area contributed by atoms with Gasteiger partial charge in [-0.1, -0.05) is 0 Å². The van der Waals surface area contributed by atoms with Crippen molar-refractivity contribution in [2.24, 2.45) is 0 Å². The second kappa shape index (κ2) is 5.59. The highest BCUT2D eigenvalue weighted by Crippen LogP contribution is 2.29. The molecule has 0 unspecified atom stereocenters. The number of thioether (sulfide) groups is 1. The molecule has 5 heteroatoms. The van der Waals surface area contributed by atoms with Gasteiger partial charge in [-0.25, -0.2) is 0 Å².